The molecule has 1 nitrogen and oxygen atoms in total. The predicted molar refractivity (Wildman–Crippen MR) is 65.4 cm³/mol. The Kier molecular flexibility index (Phi) is 3.77. The maximum Gasteiger partial charge on any atom is 0.254 e. The second-order valence-electron chi connectivity index (χ2n) is 4.95. The zero-order chi connectivity index (χ0) is 12.3. The van der Waals surface area contributed by atoms with E-state index in [1.165, 1.54) is 0 Å². The molecule has 94 valence electrons. The Morgan fingerprint density at radius 1 is 1.29 bits per heavy atom. The van der Waals surface area contributed by atoms with Gasteiger partial charge in [-0.15, -0.1) is 0 Å². The van der Waals surface area contributed by atoms with Crippen molar-refractivity contribution in [2.75, 3.05) is 13.1 Å². The number of hydrogen-bond donors (Lipinski definition) is 1. The first-order chi connectivity index (χ1) is 8.08. The fourth-order valence-corrected chi connectivity index (χ4v) is 2.48. The maximum absolute atomic E-state index is 14.1. The number of halogens is 2. The highest BCUT2D eigenvalue weighted by Crippen LogP contribution is 2.34. The van der Waals surface area contributed by atoms with Crippen molar-refractivity contribution in [2.24, 2.45) is 5.92 Å². The lowest BCUT2D eigenvalue weighted by molar-refractivity contribution is -0.0675. The summed E-state index contributed by atoms with van der Waals surface area (Å²) in [4.78, 5) is 0. The van der Waals surface area contributed by atoms with Crippen LogP contribution in [0, 0.1) is 12.8 Å². The number of benzene rings is 1. The molecule has 1 heterocycles. The largest absolute Gasteiger partial charge is 0.317 e. The summed E-state index contributed by atoms with van der Waals surface area (Å²) in [7, 11) is 0. The van der Waals surface area contributed by atoms with Crippen LogP contribution >= 0.6 is 0 Å². The van der Waals surface area contributed by atoms with Gasteiger partial charge in [0, 0.05) is 12.3 Å². The van der Waals surface area contributed by atoms with Gasteiger partial charge in [0.1, 0.15) is 0 Å². The maximum atomic E-state index is 14.1. The fraction of sp³-hybridized carbons (Fsp3) is 0.571. The predicted octanol–water partition coefficient (Wildman–Crippen LogP) is 3.17. The highest BCUT2D eigenvalue weighted by Gasteiger charge is 2.39. The van der Waals surface area contributed by atoms with Crippen LogP contribution in [0.3, 0.4) is 0 Å². The second-order valence-corrected chi connectivity index (χ2v) is 4.95. The first-order valence-corrected chi connectivity index (χ1v) is 6.22. The fourth-order valence-electron chi connectivity index (χ4n) is 2.48. The average Bonchev–Trinajstić information content (AvgIpc) is 2.29. The summed E-state index contributed by atoms with van der Waals surface area (Å²) >= 11 is 0. The van der Waals surface area contributed by atoms with Crippen molar-refractivity contribution in [3.8, 4) is 0 Å². The van der Waals surface area contributed by atoms with Crippen LogP contribution in [0.5, 0.6) is 0 Å². The summed E-state index contributed by atoms with van der Waals surface area (Å²) in [5.74, 6) is -3.04. The van der Waals surface area contributed by atoms with E-state index in [4.69, 9.17) is 0 Å². The van der Waals surface area contributed by atoms with Crippen molar-refractivity contribution < 1.29 is 8.78 Å². The molecule has 17 heavy (non-hydrogen) atoms. The monoisotopic (exact) mass is 239 g/mol. The topological polar surface area (TPSA) is 12.0 Å². The van der Waals surface area contributed by atoms with E-state index in [-0.39, 0.29) is 6.42 Å². The molecule has 1 fully saturated rings. The Labute approximate surface area is 101 Å². The second kappa shape index (κ2) is 5.13. The van der Waals surface area contributed by atoms with E-state index in [1.54, 1.807) is 6.07 Å². The van der Waals surface area contributed by atoms with Crippen LogP contribution in [0.25, 0.3) is 0 Å². The molecule has 0 amide bonds. The van der Waals surface area contributed by atoms with Gasteiger partial charge in [-0.2, -0.15) is 0 Å². The smallest absolute Gasteiger partial charge is 0.254 e. The Bertz CT molecular complexity index is 370. The molecule has 1 aliphatic rings. The normalized spacial score (nSPS) is 18.3. The number of alkyl halides is 2. The van der Waals surface area contributed by atoms with Crippen molar-refractivity contribution in [2.45, 2.75) is 32.1 Å². The Morgan fingerprint density at radius 2 is 2.00 bits per heavy atom. The van der Waals surface area contributed by atoms with Crippen molar-refractivity contribution in [3.05, 3.63) is 35.4 Å². The van der Waals surface area contributed by atoms with Crippen LogP contribution in [0.15, 0.2) is 24.3 Å². The van der Waals surface area contributed by atoms with Gasteiger partial charge in [0.25, 0.3) is 5.92 Å². The summed E-state index contributed by atoms with van der Waals surface area (Å²) in [6.07, 6.45) is 1.04. The molecule has 1 aliphatic heterocycles. The molecule has 1 saturated heterocycles. The summed E-state index contributed by atoms with van der Waals surface area (Å²) in [5, 5.41) is 3.13. The number of aryl methyl sites for hydroxylation is 1. The Morgan fingerprint density at radius 3 is 2.65 bits per heavy atom. The van der Waals surface area contributed by atoms with Crippen molar-refractivity contribution >= 4 is 0 Å². The van der Waals surface area contributed by atoms with E-state index >= 15 is 0 Å². The zero-order valence-corrected chi connectivity index (χ0v) is 10.2. The van der Waals surface area contributed by atoms with Gasteiger partial charge in [0.15, 0.2) is 0 Å². The van der Waals surface area contributed by atoms with E-state index in [0.29, 0.717) is 25.9 Å². The molecule has 0 radical (unpaired) electrons. The summed E-state index contributed by atoms with van der Waals surface area (Å²) < 4.78 is 28.2. The molecule has 0 spiro atoms. The minimum Gasteiger partial charge on any atom is -0.317 e. The number of hydrogen-bond acceptors (Lipinski definition) is 1. The van der Waals surface area contributed by atoms with Crippen LogP contribution in [-0.2, 0) is 6.42 Å². The van der Waals surface area contributed by atoms with Gasteiger partial charge in [-0.3, -0.25) is 0 Å². The van der Waals surface area contributed by atoms with E-state index in [2.05, 4.69) is 5.32 Å². The van der Waals surface area contributed by atoms with Crippen molar-refractivity contribution in [3.63, 3.8) is 0 Å². The lowest BCUT2D eigenvalue weighted by Crippen LogP contribution is -2.39. The molecule has 2 rings (SSSR count). The van der Waals surface area contributed by atoms with E-state index in [1.807, 2.05) is 25.1 Å². The summed E-state index contributed by atoms with van der Waals surface area (Å²) in [6.45, 7) is 3.37. The third kappa shape index (κ3) is 3.25. The molecule has 1 aromatic rings. The SMILES string of the molecule is Cc1cccc(CC(F)(F)C2CCNCC2)c1. The number of rotatable bonds is 3. The van der Waals surface area contributed by atoms with Gasteiger partial charge in [-0.05, 0) is 38.4 Å². The lowest BCUT2D eigenvalue weighted by Gasteiger charge is -2.30. The zero-order valence-electron chi connectivity index (χ0n) is 10.2. The average molecular weight is 239 g/mol. The van der Waals surface area contributed by atoms with Crippen LogP contribution < -0.4 is 5.32 Å². The van der Waals surface area contributed by atoms with E-state index < -0.39 is 11.8 Å². The summed E-state index contributed by atoms with van der Waals surface area (Å²) in [6, 6.07) is 7.44. The third-order valence-electron chi connectivity index (χ3n) is 3.46. The van der Waals surface area contributed by atoms with Gasteiger partial charge in [0.05, 0.1) is 0 Å². The van der Waals surface area contributed by atoms with Crippen molar-refractivity contribution in [1.82, 2.24) is 5.32 Å². The standard InChI is InChI=1S/C14H19F2N/c1-11-3-2-4-12(9-11)10-14(15,16)13-5-7-17-8-6-13/h2-4,9,13,17H,5-8,10H2,1H3. The Balaban J connectivity index is 2.05. The lowest BCUT2D eigenvalue weighted by atomic mass is 9.87. The van der Waals surface area contributed by atoms with E-state index in [0.717, 1.165) is 11.1 Å². The molecule has 0 bridgehead atoms. The number of piperidine rings is 1. The highest BCUT2D eigenvalue weighted by molar-refractivity contribution is 5.23. The molecule has 1 aromatic carbocycles. The van der Waals surface area contributed by atoms with Gasteiger partial charge >= 0.3 is 0 Å². The minimum absolute atomic E-state index is 0.126. The van der Waals surface area contributed by atoms with Gasteiger partial charge in [-0.25, -0.2) is 8.78 Å². The van der Waals surface area contributed by atoms with Crippen LogP contribution in [-0.4, -0.2) is 19.0 Å². The molecule has 0 aromatic heterocycles. The van der Waals surface area contributed by atoms with Crippen molar-refractivity contribution in [1.29, 1.82) is 0 Å². The molecular formula is C14H19F2N. The molecule has 0 saturated carbocycles. The van der Waals surface area contributed by atoms with Crippen LogP contribution in [0.2, 0.25) is 0 Å². The minimum atomic E-state index is -2.57. The molecule has 0 atom stereocenters. The van der Waals surface area contributed by atoms with Gasteiger partial charge < -0.3 is 5.32 Å². The quantitative estimate of drug-likeness (QED) is 0.854. The third-order valence-corrected chi connectivity index (χ3v) is 3.46. The molecule has 0 unspecified atom stereocenters. The first-order valence-electron chi connectivity index (χ1n) is 6.22. The molecule has 0 aliphatic carbocycles. The molecule has 3 heteroatoms. The number of nitrogens with one attached hydrogen (secondary N) is 1. The van der Waals surface area contributed by atoms with Gasteiger partial charge in [-0.1, -0.05) is 29.8 Å². The van der Waals surface area contributed by atoms with E-state index in [9.17, 15) is 8.78 Å². The summed E-state index contributed by atoms with van der Waals surface area (Å²) in [5.41, 5.74) is 1.79. The van der Waals surface area contributed by atoms with Gasteiger partial charge in [0.2, 0.25) is 0 Å². The Hall–Kier alpha value is -0.960. The molecule has 1 N–H and O–H groups in total. The van der Waals surface area contributed by atoms with Crippen LogP contribution in [0.4, 0.5) is 8.78 Å². The highest BCUT2D eigenvalue weighted by atomic mass is 19.3. The first kappa shape index (κ1) is 12.5. The van der Waals surface area contributed by atoms with Crippen LogP contribution in [0.1, 0.15) is 24.0 Å². The molecular weight excluding hydrogens is 220 g/mol.